The molecule has 1 aliphatic carbocycles. The summed E-state index contributed by atoms with van der Waals surface area (Å²) in [5.74, 6) is 0.186. The second kappa shape index (κ2) is 4.94. The molecular weight excluding hydrogens is 269 g/mol. The van der Waals surface area contributed by atoms with Crippen LogP contribution in [0.15, 0.2) is 35.1 Å². The van der Waals surface area contributed by atoms with Crippen molar-refractivity contribution in [3.05, 3.63) is 41.9 Å². The van der Waals surface area contributed by atoms with Crippen LogP contribution >= 0.6 is 0 Å². The first kappa shape index (κ1) is 13.2. The van der Waals surface area contributed by atoms with E-state index >= 15 is 0 Å². The lowest BCUT2D eigenvalue weighted by molar-refractivity contribution is -0.137. The number of hydrogen-bond donors (Lipinski definition) is 1. The van der Waals surface area contributed by atoms with E-state index in [2.05, 4.69) is 10.3 Å². The maximum atomic E-state index is 13.0. The minimum absolute atomic E-state index is 0.0325. The van der Waals surface area contributed by atoms with Crippen molar-refractivity contribution in [3.63, 3.8) is 0 Å². The first-order valence-corrected chi connectivity index (χ1v) is 6.38. The first-order valence-electron chi connectivity index (χ1n) is 6.38. The van der Waals surface area contributed by atoms with E-state index in [1.165, 1.54) is 18.5 Å². The smallest absolute Gasteiger partial charge is 0.417 e. The SMILES string of the molecule is FC(F)(F)c1ccccc1-c1ocnc1CNC1CC1. The zero-order chi connectivity index (χ0) is 14.2. The molecule has 106 valence electrons. The Morgan fingerprint density at radius 3 is 2.70 bits per heavy atom. The van der Waals surface area contributed by atoms with E-state index in [1.807, 2.05) is 0 Å². The van der Waals surface area contributed by atoms with Gasteiger partial charge in [-0.3, -0.25) is 0 Å². The van der Waals surface area contributed by atoms with Gasteiger partial charge in [0.1, 0.15) is 5.69 Å². The summed E-state index contributed by atoms with van der Waals surface area (Å²) in [6.45, 7) is 0.419. The number of halogens is 3. The molecule has 3 nitrogen and oxygen atoms in total. The molecule has 0 aliphatic heterocycles. The molecule has 0 radical (unpaired) electrons. The fourth-order valence-electron chi connectivity index (χ4n) is 2.07. The van der Waals surface area contributed by atoms with Gasteiger partial charge in [-0.25, -0.2) is 4.98 Å². The van der Waals surface area contributed by atoms with Gasteiger partial charge < -0.3 is 9.73 Å². The molecule has 3 rings (SSSR count). The van der Waals surface area contributed by atoms with E-state index in [1.54, 1.807) is 6.07 Å². The predicted molar refractivity (Wildman–Crippen MR) is 66.8 cm³/mol. The Morgan fingerprint density at radius 1 is 1.25 bits per heavy atom. The highest BCUT2D eigenvalue weighted by Crippen LogP contribution is 2.38. The van der Waals surface area contributed by atoms with Crippen molar-refractivity contribution in [2.45, 2.75) is 31.6 Å². The summed E-state index contributed by atoms with van der Waals surface area (Å²) < 4.78 is 44.2. The standard InChI is InChI=1S/C14H13F3N2O/c15-14(16,17)11-4-2-1-3-10(11)13-12(19-8-20-13)7-18-9-5-6-9/h1-4,8-9,18H,5-7H2. The maximum absolute atomic E-state index is 13.0. The third kappa shape index (κ3) is 2.70. The average Bonchev–Trinajstić information content (AvgIpc) is 3.12. The van der Waals surface area contributed by atoms with Gasteiger partial charge >= 0.3 is 6.18 Å². The van der Waals surface area contributed by atoms with E-state index in [-0.39, 0.29) is 11.3 Å². The molecule has 1 aliphatic rings. The third-order valence-corrected chi connectivity index (χ3v) is 3.25. The first-order chi connectivity index (χ1) is 9.55. The van der Waals surface area contributed by atoms with Crippen LogP contribution in [0, 0.1) is 0 Å². The van der Waals surface area contributed by atoms with Gasteiger partial charge in [0, 0.05) is 18.2 Å². The van der Waals surface area contributed by atoms with Crippen LogP contribution in [-0.2, 0) is 12.7 Å². The van der Waals surface area contributed by atoms with Gasteiger partial charge in [-0.1, -0.05) is 18.2 Å². The largest absolute Gasteiger partial charge is 0.443 e. The number of aromatic nitrogens is 1. The summed E-state index contributed by atoms with van der Waals surface area (Å²) >= 11 is 0. The van der Waals surface area contributed by atoms with Gasteiger partial charge in [0.05, 0.1) is 5.56 Å². The zero-order valence-electron chi connectivity index (χ0n) is 10.6. The second-order valence-electron chi connectivity index (χ2n) is 4.83. The summed E-state index contributed by atoms with van der Waals surface area (Å²) in [7, 11) is 0. The quantitative estimate of drug-likeness (QED) is 0.931. The molecule has 0 unspecified atom stereocenters. The summed E-state index contributed by atoms with van der Waals surface area (Å²) in [6.07, 6.45) is -1.02. The molecule has 1 heterocycles. The molecule has 1 fully saturated rings. The lowest BCUT2D eigenvalue weighted by Crippen LogP contribution is -2.16. The number of nitrogens with one attached hydrogen (secondary N) is 1. The van der Waals surface area contributed by atoms with Gasteiger partial charge in [0.25, 0.3) is 0 Å². The third-order valence-electron chi connectivity index (χ3n) is 3.25. The highest BCUT2D eigenvalue weighted by Gasteiger charge is 2.34. The Balaban J connectivity index is 1.94. The molecule has 2 aromatic rings. The van der Waals surface area contributed by atoms with Crippen LogP contribution in [0.4, 0.5) is 13.2 Å². The minimum atomic E-state index is -4.41. The van der Waals surface area contributed by atoms with Crippen molar-refractivity contribution in [1.29, 1.82) is 0 Å². The highest BCUT2D eigenvalue weighted by atomic mass is 19.4. The minimum Gasteiger partial charge on any atom is -0.443 e. The van der Waals surface area contributed by atoms with Crippen LogP contribution in [0.2, 0.25) is 0 Å². The fourth-order valence-corrected chi connectivity index (χ4v) is 2.07. The lowest BCUT2D eigenvalue weighted by atomic mass is 10.0. The second-order valence-corrected chi connectivity index (χ2v) is 4.83. The molecule has 0 amide bonds. The van der Waals surface area contributed by atoms with Crippen molar-refractivity contribution in [2.75, 3.05) is 0 Å². The molecular formula is C14H13F3N2O. The monoisotopic (exact) mass is 282 g/mol. The van der Waals surface area contributed by atoms with E-state index in [0.717, 1.165) is 18.9 Å². The lowest BCUT2D eigenvalue weighted by Gasteiger charge is -2.11. The normalized spacial score (nSPS) is 15.6. The van der Waals surface area contributed by atoms with Crippen LogP contribution < -0.4 is 5.32 Å². The maximum Gasteiger partial charge on any atom is 0.417 e. The molecule has 1 aromatic carbocycles. The van der Waals surface area contributed by atoms with E-state index in [0.29, 0.717) is 18.3 Å². The Labute approximate surface area is 113 Å². The summed E-state index contributed by atoms with van der Waals surface area (Å²) in [5.41, 5.74) is -0.164. The molecule has 6 heteroatoms. The van der Waals surface area contributed by atoms with Crippen LogP contribution in [0.1, 0.15) is 24.1 Å². The number of oxazole rings is 1. The Kier molecular flexibility index (Phi) is 3.25. The van der Waals surface area contributed by atoms with Crippen LogP contribution in [0.25, 0.3) is 11.3 Å². The average molecular weight is 282 g/mol. The molecule has 20 heavy (non-hydrogen) atoms. The molecule has 1 saturated carbocycles. The predicted octanol–water partition coefficient (Wildman–Crippen LogP) is 3.61. The molecule has 0 atom stereocenters. The van der Waals surface area contributed by atoms with Gasteiger partial charge in [0.15, 0.2) is 12.2 Å². The molecule has 1 aromatic heterocycles. The summed E-state index contributed by atoms with van der Waals surface area (Å²) in [6, 6.07) is 5.84. The van der Waals surface area contributed by atoms with Crippen LogP contribution in [0.3, 0.4) is 0 Å². The zero-order valence-corrected chi connectivity index (χ0v) is 10.6. The van der Waals surface area contributed by atoms with Crippen molar-refractivity contribution in [3.8, 4) is 11.3 Å². The van der Waals surface area contributed by atoms with Crippen molar-refractivity contribution < 1.29 is 17.6 Å². The van der Waals surface area contributed by atoms with Gasteiger partial charge in [0.2, 0.25) is 0 Å². The highest BCUT2D eigenvalue weighted by molar-refractivity contribution is 5.64. The van der Waals surface area contributed by atoms with Crippen molar-refractivity contribution >= 4 is 0 Å². The molecule has 0 spiro atoms. The van der Waals surface area contributed by atoms with Gasteiger partial charge in [-0.2, -0.15) is 13.2 Å². The van der Waals surface area contributed by atoms with Crippen molar-refractivity contribution in [2.24, 2.45) is 0 Å². The number of alkyl halides is 3. The Hall–Kier alpha value is -1.82. The number of nitrogens with zero attached hydrogens (tertiary/aromatic N) is 1. The van der Waals surface area contributed by atoms with Gasteiger partial charge in [-0.15, -0.1) is 0 Å². The van der Waals surface area contributed by atoms with Crippen LogP contribution in [0.5, 0.6) is 0 Å². The number of benzene rings is 1. The topological polar surface area (TPSA) is 38.1 Å². The van der Waals surface area contributed by atoms with E-state index < -0.39 is 11.7 Å². The fraction of sp³-hybridized carbons (Fsp3) is 0.357. The number of hydrogen-bond acceptors (Lipinski definition) is 3. The molecule has 1 N–H and O–H groups in total. The van der Waals surface area contributed by atoms with Crippen molar-refractivity contribution in [1.82, 2.24) is 10.3 Å². The Bertz CT molecular complexity index is 602. The summed E-state index contributed by atoms with van der Waals surface area (Å²) in [5, 5.41) is 3.22. The van der Waals surface area contributed by atoms with Gasteiger partial charge in [-0.05, 0) is 18.9 Å². The Morgan fingerprint density at radius 2 is 2.00 bits per heavy atom. The molecule has 0 saturated heterocycles. The van der Waals surface area contributed by atoms with Crippen LogP contribution in [-0.4, -0.2) is 11.0 Å². The molecule has 0 bridgehead atoms. The number of rotatable bonds is 4. The van der Waals surface area contributed by atoms with E-state index in [9.17, 15) is 13.2 Å². The van der Waals surface area contributed by atoms with E-state index in [4.69, 9.17) is 4.42 Å². The summed E-state index contributed by atoms with van der Waals surface area (Å²) in [4.78, 5) is 4.02.